The zero-order valence-corrected chi connectivity index (χ0v) is 8.20. The summed E-state index contributed by atoms with van der Waals surface area (Å²) in [6.07, 6.45) is 3.56. The van der Waals surface area contributed by atoms with E-state index >= 15 is 0 Å². The van der Waals surface area contributed by atoms with Crippen LogP contribution in [0.4, 0.5) is 0 Å². The van der Waals surface area contributed by atoms with Crippen molar-refractivity contribution < 1.29 is 9.59 Å². The Balaban J connectivity index is 4.26. The molecule has 0 spiro atoms. The molecule has 0 bridgehead atoms. The second-order valence-corrected chi connectivity index (χ2v) is 3.86. The van der Waals surface area contributed by atoms with E-state index in [1.807, 2.05) is 20.8 Å². The molecule has 0 aromatic rings. The number of aliphatic imine (C=N–C) groups is 2. The first-order chi connectivity index (χ1) is 6.02. The first-order valence-corrected chi connectivity index (χ1v) is 4.13. The second kappa shape index (κ2) is 5.41. The summed E-state index contributed by atoms with van der Waals surface area (Å²) in [7, 11) is 0. The Kier molecular flexibility index (Phi) is 4.90. The van der Waals surface area contributed by atoms with Crippen LogP contribution in [0.3, 0.4) is 0 Å². The molecule has 0 saturated heterocycles. The number of carbonyl (C=O) groups excluding carboxylic acids is 2. The van der Waals surface area contributed by atoms with Gasteiger partial charge in [0.25, 0.3) is 0 Å². The van der Waals surface area contributed by atoms with Gasteiger partial charge in [0.1, 0.15) is 0 Å². The molecule has 4 nitrogen and oxygen atoms in total. The summed E-state index contributed by atoms with van der Waals surface area (Å²) in [5.74, 6) is 0. The van der Waals surface area contributed by atoms with Crippen LogP contribution >= 0.6 is 0 Å². The van der Waals surface area contributed by atoms with Gasteiger partial charge in [-0.1, -0.05) is 20.8 Å². The average Bonchev–Trinajstić information content (AvgIpc) is 2.01. The molecule has 0 heterocycles. The molecule has 0 saturated carbocycles. The van der Waals surface area contributed by atoms with Gasteiger partial charge in [-0.15, -0.1) is 0 Å². The third kappa shape index (κ3) is 5.07. The molecule has 0 aromatic heterocycles. The van der Waals surface area contributed by atoms with Gasteiger partial charge in [-0.3, -0.25) is 0 Å². The van der Waals surface area contributed by atoms with Crippen molar-refractivity contribution in [2.24, 2.45) is 15.4 Å². The smallest absolute Gasteiger partial charge is 0.211 e. The lowest BCUT2D eigenvalue weighted by Crippen LogP contribution is -2.25. The summed E-state index contributed by atoms with van der Waals surface area (Å²) in [6.45, 7) is 6.28. The highest BCUT2D eigenvalue weighted by Crippen LogP contribution is 2.24. The first-order valence-electron chi connectivity index (χ1n) is 4.13. The van der Waals surface area contributed by atoms with E-state index in [2.05, 4.69) is 9.98 Å². The van der Waals surface area contributed by atoms with Crippen LogP contribution in [-0.4, -0.2) is 24.7 Å². The van der Waals surface area contributed by atoms with Crippen molar-refractivity contribution in [3.63, 3.8) is 0 Å². The molecule has 0 rings (SSSR count). The van der Waals surface area contributed by atoms with Gasteiger partial charge in [-0.05, 0) is 11.8 Å². The predicted octanol–water partition coefficient (Wildman–Crippen LogP) is 1.46. The van der Waals surface area contributed by atoms with Crippen LogP contribution in [0.15, 0.2) is 9.98 Å². The molecule has 1 unspecified atom stereocenters. The van der Waals surface area contributed by atoms with Crippen LogP contribution in [0.2, 0.25) is 0 Å². The van der Waals surface area contributed by atoms with Gasteiger partial charge in [0.15, 0.2) is 0 Å². The average molecular weight is 182 g/mol. The number of hydrogen-bond donors (Lipinski definition) is 0. The molecular formula is C9H14N2O2. The lowest BCUT2D eigenvalue weighted by molar-refractivity contribution is 0.310. The van der Waals surface area contributed by atoms with E-state index in [0.717, 1.165) is 0 Å². The third-order valence-electron chi connectivity index (χ3n) is 1.79. The third-order valence-corrected chi connectivity index (χ3v) is 1.79. The highest BCUT2D eigenvalue weighted by atomic mass is 16.1. The quantitative estimate of drug-likeness (QED) is 0.488. The van der Waals surface area contributed by atoms with Crippen LogP contribution in [-0.2, 0) is 9.59 Å². The van der Waals surface area contributed by atoms with E-state index < -0.39 is 0 Å². The van der Waals surface area contributed by atoms with Gasteiger partial charge < -0.3 is 0 Å². The molecule has 0 radical (unpaired) electrons. The minimum Gasteiger partial charge on any atom is -0.211 e. The first kappa shape index (κ1) is 11.8. The van der Waals surface area contributed by atoms with Gasteiger partial charge in [0.2, 0.25) is 12.2 Å². The molecule has 0 fully saturated rings. The van der Waals surface area contributed by atoms with Gasteiger partial charge in [0, 0.05) is 0 Å². The normalized spacial score (nSPS) is 12.5. The van der Waals surface area contributed by atoms with Crippen molar-refractivity contribution in [3.05, 3.63) is 0 Å². The standard InChI is InChI=1S/C9H14N2O2/c1-9(2,3)8(11-7-13)4-5-10-6-12/h8H,4-5H2,1-3H3. The summed E-state index contributed by atoms with van der Waals surface area (Å²) < 4.78 is 0. The molecule has 0 aliphatic carbocycles. The number of rotatable bonds is 4. The van der Waals surface area contributed by atoms with Crippen molar-refractivity contribution in [2.45, 2.75) is 33.2 Å². The van der Waals surface area contributed by atoms with Crippen LogP contribution < -0.4 is 0 Å². The maximum Gasteiger partial charge on any atom is 0.235 e. The zero-order valence-electron chi connectivity index (χ0n) is 8.20. The Morgan fingerprint density at radius 2 is 1.85 bits per heavy atom. The van der Waals surface area contributed by atoms with Gasteiger partial charge in [-0.25, -0.2) is 19.6 Å². The van der Waals surface area contributed by atoms with Crippen LogP contribution in [0, 0.1) is 5.41 Å². The summed E-state index contributed by atoms with van der Waals surface area (Å²) in [5.41, 5.74) is -0.101. The van der Waals surface area contributed by atoms with Crippen molar-refractivity contribution in [3.8, 4) is 0 Å². The van der Waals surface area contributed by atoms with E-state index in [4.69, 9.17) is 0 Å². The topological polar surface area (TPSA) is 58.9 Å². The van der Waals surface area contributed by atoms with E-state index in [1.54, 1.807) is 0 Å². The zero-order chi connectivity index (χ0) is 10.3. The SMILES string of the molecule is CC(C)(C)C(CCN=C=O)N=C=O. The summed E-state index contributed by atoms with van der Waals surface area (Å²) in [5, 5.41) is 0. The van der Waals surface area contributed by atoms with Crippen molar-refractivity contribution in [1.82, 2.24) is 0 Å². The van der Waals surface area contributed by atoms with Gasteiger partial charge in [0.05, 0.1) is 12.6 Å². The summed E-state index contributed by atoms with van der Waals surface area (Å²) >= 11 is 0. The Morgan fingerprint density at radius 1 is 1.23 bits per heavy atom. The second-order valence-electron chi connectivity index (χ2n) is 3.86. The lowest BCUT2D eigenvalue weighted by atomic mass is 9.85. The monoisotopic (exact) mass is 182 g/mol. The van der Waals surface area contributed by atoms with Crippen LogP contribution in [0.1, 0.15) is 27.2 Å². The fourth-order valence-electron chi connectivity index (χ4n) is 0.987. The van der Waals surface area contributed by atoms with Crippen LogP contribution in [0.5, 0.6) is 0 Å². The maximum absolute atomic E-state index is 10.1. The molecule has 0 aliphatic rings. The Bertz CT molecular complexity index is 243. The molecule has 4 heteroatoms. The minimum absolute atomic E-state index is 0.101. The molecule has 0 amide bonds. The van der Waals surface area contributed by atoms with Crippen molar-refractivity contribution in [1.29, 1.82) is 0 Å². The molecular weight excluding hydrogens is 168 g/mol. The number of isocyanates is 2. The summed E-state index contributed by atoms with van der Waals surface area (Å²) in [4.78, 5) is 27.0. The van der Waals surface area contributed by atoms with Crippen molar-refractivity contribution >= 4 is 12.2 Å². The summed E-state index contributed by atoms with van der Waals surface area (Å²) in [6, 6.07) is -0.137. The molecule has 0 N–H and O–H groups in total. The molecule has 72 valence electrons. The number of nitrogens with zero attached hydrogens (tertiary/aromatic N) is 2. The van der Waals surface area contributed by atoms with E-state index in [-0.39, 0.29) is 11.5 Å². The Morgan fingerprint density at radius 3 is 2.23 bits per heavy atom. The highest BCUT2D eigenvalue weighted by Gasteiger charge is 2.23. The van der Waals surface area contributed by atoms with E-state index in [0.29, 0.717) is 13.0 Å². The Labute approximate surface area is 77.8 Å². The molecule has 0 aromatic carbocycles. The van der Waals surface area contributed by atoms with E-state index in [1.165, 1.54) is 12.2 Å². The number of hydrogen-bond acceptors (Lipinski definition) is 4. The minimum atomic E-state index is -0.137. The molecule has 0 aliphatic heterocycles. The fraction of sp³-hybridized carbons (Fsp3) is 0.778. The van der Waals surface area contributed by atoms with Gasteiger partial charge >= 0.3 is 0 Å². The highest BCUT2D eigenvalue weighted by molar-refractivity contribution is 5.34. The van der Waals surface area contributed by atoms with Crippen molar-refractivity contribution in [2.75, 3.05) is 6.54 Å². The van der Waals surface area contributed by atoms with Crippen LogP contribution in [0.25, 0.3) is 0 Å². The maximum atomic E-state index is 10.1. The fourth-order valence-corrected chi connectivity index (χ4v) is 0.987. The molecule has 13 heavy (non-hydrogen) atoms. The van der Waals surface area contributed by atoms with E-state index in [9.17, 15) is 9.59 Å². The largest absolute Gasteiger partial charge is 0.235 e. The Hall–Kier alpha value is -1.24. The molecule has 1 atom stereocenters. The van der Waals surface area contributed by atoms with Gasteiger partial charge in [-0.2, -0.15) is 0 Å². The lowest BCUT2D eigenvalue weighted by Gasteiger charge is -2.24. The predicted molar refractivity (Wildman–Crippen MR) is 49.0 cm³/mol.